The van der Waals surface area contributed by atoms with Gasteiger partial charge in [0, 0.05) is 18.4 Å². The predicted octanol–water partition coefficient (Wildman–Crippen LogP) is 4.48. The molecule has 5 nitrogen and oxygen atoms in total. The summed E-state index contributed by atoms with van der Waals surface area (Å²) >= 11 is 0. The Bertz CT molecular complexity index is 1000. The fourth-order valence-corrected chi connectivity index (χ4v) is 3.69. The molecule has 3 N–H and O–H groups in total. The van der Waals surface area contributed by atoms with E-state index >= 15 is 0 Å². The monoisotopic (exact) mass is 433 g/mol. The number of hydrogen-bond donors (Lipinski definition) is 2. The van der Waals surface area contributed by atoms with Crippen LogP contribution in [0.1, 0.15) is 42.4 Å². The van der Waals surface area contributed by atoms with Crippen LogP contribution >= 0.6 is 0 Å². The first-order valence-electron chi connectivity index (χ1n) is 9.79. The largest absolute Gasteiger partial charge is 0.478 e. The summed E-state index contributed by atoms with van der Waals surface area (Å²) < 4.78 is 48.1. The molecular weight excluding hydrogens is 411 g/mol. The van der Waals surface area contributed by atoms with E-state index in [1.54, 1.807) is 12.1 Å². The summed E-state index contributed by atoms with van der Waals surface area (Å²) in [5.74, 6) is -2.35. The number of halogens is 3. The molecule has 1 unspecified atom stereocenters. The maximum atomic E-state index is 14.2. The van der Waals surface area contributed by atoms with Crippen LogP contribution < -0.4 is 10.5 Å². The van der Waals surface area contributed by atoms with Gasteiger partial charge >= 0.3 is 12.1 Å². The molecule has 2 aromatic rings. The molecule has 164 valence electrons. The number of amides is 1. The molecular formula is C23H22F3NO4. The lowest BCUT2D eigenvalue weighted by molar-refractivity contribution is -0.238. The zero-order valence-electron chi connectivity index (χ0n) is 16.6. The molecule has 0 spiro atoms. The first kappa shape index (κ1) is 22.4. The third-order valence-electron chi connectivity index (χ3n) is 5.24. The number of benzene rings is 2. The number of alkyl halides is 3. The number of carboxylic acid groups (broad SMARTS) is 1. The smallest absolute Gasteiger partial charge is 0.432 e. The molecule has 0 aliphatic carbocycles. The highest BCUT2D eigenvalue weighted by Crippen LogP contribution is 2.48. The van der Waals surface area contributed by atoms with Crippen molar-refractivity contribution in [3.8, 4) is 5.75 Å². The van der Waals surface area contributed by atoms with Gasteiger partial charge in [-0.15, -0.1) is 0 Å². The first-order chi connectivity index (χ1) is 14.6. The number of carbonyl (C=O) groups is 2. The molecule has 1 atom stereocenters. The molecule has 0 radical (unpaired) electrons. The second-order valence-electron chi connectivity index (χ2n) is 7.50. The van der Waals surface area contributed by atoms with Crippen LogP contribution in [0.3, 0.4) is 0 Å². The van der Waals surface area contributed by atoms with Crippen LogP contribution in [-0.2, 0) is 16.0 Å². The third kappa shape index (κ3) is 4.90. The van der Waals surface area contributed by atoms with E-state index in [1.165, 1.54) is 6.07 Å². The molecule has 0 fully saturated rings. The molecule has 0 saturated heterocycles. The van der Waals surface area contributed by atoms with Crippen molar-refractivity contribution < 1.29 is 32.6 Å². The van der Waals surface area contributed by atoms with Gasteiger partial charge in [-0.05, 0) is 42.5 Å². The van der Waals surface area contributed by atoms with Gasteiger partial charge in [-0.3, -0.25) is 4.79 Å². The van der Waals surface area contributed by atoms with E-state index in [4.69, 9.17) is 10.5 Å². The van der Waals surface area contributed by atoms with Crippen molar-refractivity contribution in [2.45, 2.75) is 43.9 Å². The van der Waals surface area contributed by atoms with Crippen LogP contribution in [0, 0.1) is 0 Å². The van der Waals surface area contributed by atoms with Gasteiger partial charge in [-0.2, -0.15) is 13.2 Å². The SMILES string of the molecule is NC(=O)CCCCC1(C(F)(F)F)Oc2cc(Cc3ccccc3)ccc2C=C1C(=O)O. The summed E-state index contributed by atoms with van der Waals surface area (Å²) in [4.78, 5) is 22.7. The summed E-state index contributed by atoms with van der Waals surface area (Å²) in [7, 11) is 0. The van der Waals surface area contributed by atoms with Crippen LogP contribution in [0.4, 0.5) is 13.2 Å². The van der Waals surface area contributed by atoms with E-state index in [0.717, 1.165) is 17.2 Å². The number of rotatable bonds is 8. The highest BCUT2D eigenvalue weighted by Gasteiger charge is 2.62. The Labute approximate surface area is 177 Å². The minimum absolute atomic E-state index is 0.0225. The molecule has 1 amide bonds. The minimum Gasteiger partial charge on any atom is -0.478 e. The van der Waals surface area contributed by atoms with Gasteiger partial charge in [-0.1, -0.05) is 42.5 Å². The Balaban J connectivity index is 1.97. The Morgan fingerprint density at radius 3 is 2.35 bits per heavy atom. The van der Waals surface area contributed by atoms with Crippen molar-refractivity contribution in [2.24, 2.45) is 5.73 Å². The summed E-state index contributed by atoms with van der Waals surface area (Å²) in [6, 6.07) is 14.2. The van der Waals surface area contributed by atoms with Crippen molar-refractivity contribution in [2.75, 3.05) is 0 Å². The first-order valence-corrected chi connectivity index (χ1v) is 9.79. The molecule has 3 rings (SSSR count). The Hall–Kier alpha value is -3.29. The van der Waals surface area contributed by atoms with Crippen LogP contribution in [0.5, 0.6) is 5.75 Å². The van der Waals surface area contributed by atoms with Crippen LogP contribution in [0.15, 0.2) is 54.1 Å². The van der Waals surface area contributed by atoms with Crippen molar-refractivity contribution in [1.82, 2.24) is 0 Å². The topological polar surface area (TPSA) is 89.6 Å². The van der Waals surface area contributed by atoms with Crippen LogP contribution in [0.2, 0.25) is 0 Å². The van der Waals surface area contributed by atoms with Crippen molar-refractivity contribution in [1.29, 1.82) is 0 Å². The molecule has 31 heavy (non-hydrogen) atoms. The zero-order chi connectivity index (χ0) is 22.6. The van der Waals surface area contributed by atoms with Crippen LogP contribution in [-0.4, -0.2) is 28.8 Å². The molecule has 2 aromatic carbocycles. The molecule has 0 aromatic heterocycles. The quantitative estimate of drug-likeness (QED) is 0.601. The fraction of sp³-hybridized carbons (Fsp3) is 0.304. The molecule has 8 heteroatoms. The number of unbranched alkanes of at least 4 members (excludes halogenated alkanes) is 1. The average molecular weight is 433 g/mol. The van der Waals surface area contributed by atoms with Gasteiger partial charge in [0.2, 0.25) is 11.5 Å². The van der Waals surface area contributed by atoms with E-state index in [2.05, 4.69) is 0 Å². The van der Waals surface area contributed by atoms with Gasteiger partial charge in [-0.25, -0.2) is 4.79 Å². The van der Waals surface area contributed by atoms with Gasteiger partial charge in [0.05, 0.1) is 5.57 Å². The maximum absolute atomic E-state index is 14.2. The summed E-state index contributed by atoms with van der Waals surface area (Å²) in [6.07, 6.45) is -4.16. The standard InChI is InChI=1S/C23H22F3NO4/c24-23(25,26)22(11-5-4-8-20(27)28)18(21(29)30)14-17-10-9-16(13-19(17)31-22)12-15-6-2-1-3-7-15/h1-3,6-7,9-10,13-14H,4-5,8,11-12H2,(H2,27,28)(H,29,30). The maximum Gasteiger partial charge on any atom is 0.432 e. The Morgan fingerprint density at radius 2 is 1.74 bits per heavy atom. The number of fused-ring (bicyclic) bond motifs is 1. The normalized spacial score (nSPS) is 18.0. The van der Waals surface area contributed by atoms with E-state index < -0.39 is 35.6 Å². The number of aliphatic carboxylic acids is 1. The Morgan fingerprint density at radius 1 is 1.03 bits per heavy atom. The molecule has 0 bridgehead atoms. The highest BCUT2D eigenvalue weighted by molar-refractivity contribution is 5.96. The molecule has 1 aliphatic heterocycles. The van der Waals surface area contributed by atoms with E-state index in [-0.39, 0.29) is 30.6 Å². The lowest BCUT2D eigenvalue weighted by Crippen LogP contribution is -2.54. The number of carbonyl (C=O) groups excluding carboxylic acids is 1. The minimum atomic E-state index is -4.98. The number of ether oxygens (including phenoxy) is 1. The van der Waals surface area contributed by atoms with Gasteiger partial charge in [0.15, 0.2) is 0 Å². The van der Waals surface area contributed by atoms with Crippen LogP contribution in [0.25, 0.3) is 6.08 Å². The highest BCUT2D eigenvalue weighted by atomic mass is 19.4. The second-order valence-corrected chi connectivity index (χ2v) is 7.50. The Kier molecular flexibility index (Phi) is 6.38. The fourth-order valence-electron chi connectivity index (χ4n) is 3.69. The van der Waals surface area contributed by atoms with Gasteiger partial charge in [0.1, 0.15) is 5.75 Å². The lowest BCUT2D eigenvalue weighted by Gasteiger charge is -2.39. The predicted molar refractivity (Wildman–Crippen MR) is 108 cm³/mol. The van der Waals surface area contributed by atoms with Gasteiger partial charge in [0.25, 0.3) is 0 Å². The van der Waals surface area contributed by atoms with E-state index in [9.17, 15) is 27.9 Å². The van der Waals surface area contributed by atoms with Gasteiger partial charge < -0.3 is 15.6 Å². The summed E-state index contributed by atoms with van der Waals surface area (Å²) in [5.41, 5.74) is 3.16. The molecule has 1 heterocycles. The van der Waals surface area contributed by atoms with Crippen molar-refractivity contribution >= 4 is 18.0 Å². The number of carboxylic acids is 1. The number of nitrogens with two attached hydrogens (primary N) is 1. The van der Waals surface area contributed by atoms with Crippen molar-refractivity contribution in [3.63, 3.8) is 0 Å². The average Bonchev–Trinajstić information content (AvgIpc) is 2.70. The second kappa shape index (κ2) is 8.83. The summed E-state index contributed by atoms with van der Waals surface area (Å²) in [5, 5.41) is 9.53. The molecule has 0 saturated carbocycles. The van der Waals surface area contributed by atoms with Crippen molar-refractivity contribution in [3.05, 3.63) is 70.8 Å². The zero-order valence-corrected chi connectivity index (χ0v) is 16.6. The number of primary amides is 1. The lowest BCUT2D eigenvalue weighted by atomic mass is 9.83. The third-order valence-corrected chi connectivity index (χ3v) is 5.24. The summed E-state index contributed by atoms with van der Waals surface area (Å²) in [6.45, 7) is 0. The molecule has 1 aliphatic rings. The van der Waals surface area contributed by atoms with E-state index in [1.807, 2.05) is 30.3 Å². The number of hydrogen-bond acceptors (Lipinski definition) is 3. The van der Waals surface area contributed by atoms with E-state index in [0.29, 0.717) is 6.42 Å².